The molecule has 1 aliphatic heterocycles. The molecule has 1 aliphatic carbocycles. The molecule has 8 heteroatoms. The van der Waals surface area contributed by atoms with E-state index in [0.29, 0.717) is 24.7 Å². The summed E-state index contributed by atoms with van der Waals surface area (Å²) in [7, 11) is 0. The van der Waals surface area contributed by atoms with Gasteiger partial charge < -0.3 is 9.80 Å². The molecule has 0 radical (unpaired) electrons. The van der Waals surface area contributed by atoms with Crippen molar-refractivity contribution < 1.29 is 4.39 Å². The number of aromatic amines is 1. The molecule has 0 atom stereocenters. The minimum Gasteiger partial charge on any atom is -0.339 e. The molecule has 2 fully saturated rings. The summed E-state index contributed by atoms with van der Waals surface area (Å²) in [5.41, 5.74) is 1.54. The number of halogens is 1. The first-order chi connectivity index (χ1) is 12.0. The fraction of sp³-hybridized carbons (Fsp3) is 0.529. The number of aromatic nitrogens is 4. The summed E-state index contributed by atoms with van der Waals surface area (Å²) >= 11 is 0. The van der Waals surface area contributed by atoms with Crippen LogP contribution in [-0.4, -0.2) is 46.1 Å². The average Bonchev–Trinajstić information content (AvgIpc) is 3.41. The summed E-state index contributed by atoms with van der Waals surface area (Å²) in [5, 5.41) is 0. The lowest BCUT2D eigenvalue weighted by molar-refractivity contribution is 0.569. The summed E-state index contributed by atoms with van der Waals surface area (Å²) in [6.07, 6.45) is 1.81. The molecule has 0 unspecified atom stereocenters. The Morgan fingerprint density at radius 1 is 1.04 bits per heavy atom. The lowest BCUT2D eigenvalue weighted by Crippen LogP contribution is -2.48. The summed E-state index contributed by atoms with van der Waals surface area (Å²) in [5.74, 6) is 0.574. The lowest BCUT2D eigenvalue weighted by Gasteiger charge is -2.35. The zero-order valence-electron chi connectivity index (χ0n) is 14.4. The van der Waals surface area contributed by atoms with Gasteiger partial charge in [0, 0.05) is 43.5 Å². The van der Waals surface area contributed by atoms with Crippen molar-refractivity contribution >= 4 is 11.9 Å². The van der Waals surface area contributed by atoms with E-state index in [9.17, 15) is 9.18 Å². The maximum Gasteiger partial charge on any atom is 0.288 e. The smallest absolute Gasteiger partial charge is 0.288 e. The predicted octanol–water partition coefficient (Wildman–Crippen LogP) is 1.52. The van der Waals surface area contributed by atoms with E-state index < -0.39 is 11.4 Å². The van der Waals surface area contributed by atoms with Gasteiger partial charge in [-0.25, -0.2) is 15.0 Å². The second kappa shape index (κ2) is 6.09. The van der Waals surface area contributed by atoms with E-state index in [-0.39, 0.29) is 5.92 Å². The van der Waals surface area contributed by atoms with Crippen LogP contribution in [-0.2, 0) is 0 Å². The minimum absolute atomic E-state index is 0.103. The summed E-state index contributed by atoms with van der Waals surface area (Å²) < 4.78 is 13.9. The second-order valence-electron chi connectivity index (χ2n) is 6.79. The lowest BCUT2D eigenvalue weighted by atomic mass is 10.2. The third-order valence-corrected chi connectivity index (χ3v) is 4.67. The van der Waals surface area contributed by atoms with Crippen molar-refractivity contribution in [3.8, 4) is 0 Å². The molecule has 2 aromatic heterocycles. The van der Waals surface area contributed by atoms with Crippen LogP contribution in [0.25, 0.3) is 0 Å². The van der Waals surface area contributed by atoms with E-state index in [1.807, 2.05) is 24.8 Å². The number of hydrogen-bond donors (Lipinski definition) is 1. The van der Waals surface area contributed by atoms with Crippen LogP contribution in [0.3, 0.4) is 0 Å². The van der Waals surface area contributed by atoms with Gasteiger partial charge in [0.15, 0.2) is 0 Å². The number of nitrogens with zero attached hydrogens (tertiary/aromatic N) is 5. The van der Waals surface area contributed by atoms with Crippen molar-refractivity contribution in [2.75, 3.05) is 36.0 Å². The average molecular weight is 344 g/mol. The van der Waals surface area contributed by atoms with Crippen LogP contribution < -0.4 is 15.4 Å². The molecule has 4 rings (SSSR count). The van der Waals surface area contributed by atoms with Crippen LogP contribution in [0.4, 0.5) is 16.3 Å². The molecule has 0 amide bonds. The molecule has 0 bridgehead atoms. The molecule has 2 aliphatic rings. The number of hydrogen-bond acceptors (Lipinski definition) is 6. The molecule has 3 heterocycles. The Morgan fingerprint density at radius 3 is 2.24 bits per heavy atom. The van der Waals surface area contributed by atoms with Crippen LogP contribution in [0.2, 0.25) is 0 Å². The molecule has 25 heavy (non-hydrogen) atoms. The van der Waals surface area contributed by atoms with Gasteiger partial charge in [0.05, 0.1) is 5.69 Å². The Balaban J connectivity index is 1.51. The fourth-order valence-corrected chi connectivity index (χ4v) is 3.21. The van der Waals surface area contributed by atoms with E-state index in [0.717, 1.165) is 43.3 Å². The molecule has 0 spiro atoms. The van der Waals surface area contributed by atoms with Crippen molar-refractivity contribution in [1.82, 2.24) is 19.9 Å². The Kier molecular flexibility index (Phi) is 3.89. The number of aryl methyl sites for hydroxylation is 2. The predicted molar refractivity (Wildman–Crippen MR) is 92.7 cm³/mol. The summed E-state index contributed by atoms with van der Waals surface area (Å²) in [4.78, 5) is 32.0. The normalized spacial score (nSPS) is 17.9. The number of anilines is 2. The highest BCUT2D eigenvalue weighted by Crippen LogP contribution is 2.39. The van der Waals surface area contributed by atoms with Gasteiger partial charge in [-0.3, -0.25) is 9.78 Å². The zero-order valence-corrected chi connectivity index (χ0v) is 14.4. The maximum absolute atomic E-state index is 13.9. The number of rotatable bonds is 3. The van der Waals surface area contributed by atoms with Crippen LogP contribution in [0.5, 0.6) is 0 Å². The second-order valence-corrected chi connectivity index (χ2v) is 6.79. The zero-order chi connectivity index (χ0) is 17.6. The first-order valence-corrected chi connectivity index (χ1v) is 8.63. The van der Waals surface area contributed by atoms with E-state index in [1.165, 1.54) is 0 Å². The molecule has 1 saturated heterocycles. The van der Waals surface area contributed by atoms with E-state index in [2.05, 4.69) is 24.8 Å². The third kappa shape index (κ3) is 3.20. The van der Waals surface area contributed by atoms with Gasteiger partial charge in [-0.2, -0.15) is 4.39 Å². The minimum atomic E-state index is -0.728. The summed E-state index contributed by atoms with van der Waals surface area (Å²) in [6.45, 7) is 6.72. The van der Waals surface area contributed by atoms with Gasteiger partial charge in [-0.15, -0.1) is 0 Å². The molecule has 7 nitrogen and oxygen atoms in total. The third-order valence-electron chi connectivity index (χ3n) is 4.67. The molecule has 1 N–H and O–H groups in total. The van der Waals surface area contributed by atoms with Crippen LogP contribution in [0.1, 0.15) is 35.8 Å². The molecule has 1 saturated carbocycles. The Labute approximate surface area is 144 Å². The largest absolute Gasteiger partial charge is 0.339 e. The van der Waals surface area contributed by atoms with Crippen molar-refractivity contribution in [1.29, 1.82) is 0 Å². The number of piperazine rings is 1. The van der Waals surface area contributed by atoms with E-state index in [4.69, 9.17) is 0 Å². The van der Waals surface area contributed by atoms with Crippen LogP contribution in [0.15, 0.2) is 10.9 Å². The Morgan fingerprint density at radius 2 is 1.64 bits per heavy atom. The fourth-order valence-electron chi connectivity index (χ4n) is 3.21. The number of H-pyrrole nitrogens is 1. The van der Waals surface area contributed by atoms with Gasteiger partial charge in [0.1, 0.15) is 0 Å². The molecular formula is C17H21FN6O. The van der Waals surface area contributed by atoms with Crippen LogP contribution in [0, 0.1) is 19.7 Å². The summed E-state index contributed by atoms with van der Waals surface area (Å²) in [6, 6.07) is 1.95. The maximum atomic E-state index is 13.9. The van der Waals surface area contributed by atoms with Crippen molar-refractivity contribution in [2.24, 2.45) is 0 Å². The monoisotopic (exact) mass is 344 g/mol. The van der Waals surface area contributed by atoms with E-state index in [1.54, 1.807) is 0 Å². The first kappa shape index (κ1) is 16.0. The standard InChI is InChI=1S/C17H21FN6O/c1-10-9-11(2)20-16(19-10)23-5-7-24(8-6-23)17-21-14(12-3-4-12)13(18)15(25)22-17/h9,12H,3-8H2,1-2H3,(H,21,22,25). The quantitative estimate of drug-likeness (QED) is 0.910. The highest BCUT2D eigenvalue weighted by molar-refractivity contribution is 5.39. The van der Waals surface area contributed by atoms with Gasteiger partial charge in [-0.05, 0) is 32.8 Å². The van der Waals surface area contributed by atoms with Gasteiger partial charge >= 0.3 is 0 Å². The van der Waals surface area contributed by atoms with Gasteiger partial charge in [-0.1, -0.05) is 0 Å². The van der Waals surface area contributed by atoms with Crippen LogP contribution >= 0.6 is 0 Å². The van der Waals surface area contributed by atoms with Crippen molar-refractivity contribution in [3.63, 3.8) is 0 Å². The van der Waals surface area contributed by atoms with Crippen molar-refractivity contribution in [2.45, 2.75) is 32.6 Å². The molecule has 132 valence electrons. The first-order valence-electron chi connectivity index (χ1n) is 8.63. The van der Waals surface area contributed by atoms with Crippen molar-refractivity contribution in [3.05, 3.63) is 39.3 Å². The topological polar surface area (TPSA) is 78.0 Å². The van der Waals surface area contributed by atoms with E-state index >= 15 is 0 Å². The Bertz CT molecular complexity index is 834. The molecule has 2 aromatic rings. The highest BCUT2D eigenvalue weighted by Gasteiger charge is 2.31. The van der Waals surface area contributed by atoms with Gasteiger partial charge in [0.2, 0.25) is 17.7 Å². The highest BCUT2D eigenvalue weighted by atomic mass is 19.1. The SMILES string of the molecule is Cc1cc(C)nc(N2CCN(c3nc(C4CC4)c(F)c(=O)[nH]3)CC2)n1. The number of nitrogens with one attached hydrogen (secondary N) is 1. The Hall–Kier alpha value is -2.51. The van der Waals surface area contributed by atoms with Gasteiger partial charge in [0.25, 0.3) is 5.56 Å². The molecular weight excluding hydrogens is 323 g/mol. The molecule has 0 aromatic carbocycles.